The summed E-state index contributed by atoms with van der Waals surface area (Å²) in [5, 5.41) is 18.6. The molecule has 2 N–H and O–H groups in total. The Hall–Kier alpha value is -2.95. The number of nitrogens with zero attached hydrogens (tertiary/aromatic N) is 4. The minimum atomic E-state index is -0.780. The molecule has 8 nitrogen and oxygen atoms in total. The predicted octanol–water partition coefficient (Wildman–Crippen LogP) is 1.60. The van der Waals surface area contributed by atoms with E-state index in [1.807, 2.05) is 26.8 Å². The van der Waals surface area contributed by atoms with Crippen LogP contribution < -0.4 is 10.6 Å². The van der Waals surface area contributed by atoms with Gasteiger partial charge in [0.1, 0.15) is 0 Å². The van der Waals surface area contributed by atoms with E-state index in [1.54, 1.807) is 24.0 Å². The molecule has 0 spiro atoms. The third kappa shape index (κ3) is 4.79. The van der Waals surface area contributed by atoms with Gasteiger partial charge in [0, 0.05) is 13.5 Å². The van der Waals surface area contributed by atoms with Gasteiger partial charge in [0.05, 0.1) is 36.1 Å². The highest BCUT2D eigenvalue weighted by Gasteiger charge is 2.36. The van der Waals surface area contributed by atoms with Crippen molar-refractivity contribution in [3.63, 3.8) is 0 Å². The molecule has 2 amide bonds. The van der Waals surface area contributed by atoms with E-state index in [4.69, 9.17) is 5.26 Å². The highest BCUT2D eigenvalue weighted by Crippen LogP contribution is 2.31. The van der Waals surface area contributed by atoms with E-state index >= 15 is 0 Å². The van der Waals surface area contributed by atoms with Crippen LogP contribution in [-0.2, 0) is 22.6 Å². The average molecular weight is 358 g/mol. The number of carbonyl (C=O) groups excluding carboxylic acids is 2. The van der Waals surface area contributed by atoms with Crippen LogP contribution in [-0.4, -0.2) is 34.0 Å². The van der Waals surface area contributed by atoms with Gasteiger partial charge in [0.25, 0.3) is 0 Å². The Morgan fingerprint density at radius 2 is 2.19 bits per heavy atom. The number of hydrogen-bond donors (Lipinski definition) is 2. The van der Waals surface area contributed by atoms with Crippen LogP contribution in [0.15, 0.2) is 18.5 Å². The molecule has 2 aromatic heterocycles. The molecular formula is C18H26N6O2. The minimum absolute atomic E-state index is 0.136. The van der Waals surface area contributed by atoms with Crippen molar-refractivity contribution < 1.29 is 9.59 Å². The molecule has 0 aliphatic carbocycles. The lowest BCUT2D eigenvalue weighted by Gasteiger charge is -2.28. The largest absolute Gasteiger partial charge is 0.359 e. The fourth-order valence-electron chi connectivity index (χ4n) is 2.73. The van der Waals surface area contributed by atoms with Crippen LogP contribution in [0.25, 0.3) is 5.65 Å². The predicted molar refractivity (Wildman–Crippen MR) is 98.0 cm³/mol. The molecule has 0 aliphatic rings. The molecule has 2 aromatic rings. The van der Waals surface area contributed by atoms with E-state index in [9.17, 15) is 9.59 Å². The van der Waals surface area contributed by atoms with Gasteiger partial charge in [-0.25, -0.2) is 9.50 Å². The summed E-state index contributed by atoms with van der Waals surface area (Å²) in [6.45, 7) is 6.23. The quantitative estimate of drug-likeness (QED) is 0.696. The Balaban J connectivity index is 0.00000163. The van der Waals surface area contributed by atoms with Gasteiger partial charge >= 0.3 is 0 Å². The number of amides is 2. The van der Waals surface area contributed by atoms with E-state index in [-0.39, 0.29) is 12.3 Å². The molecule has 0 bridgehead atoms. The first kappa shape index (κ1) is 21.1. The maximum Gasteiger partial charge on any atom is 0.227 e. The summed E-state index contributed by atoms with van der Waals surface area (Å²) in [7, 11) is 1.58. The third-order valence-electron chi connectivity index (χ3n) is 4.14. The second-order valence-electron chi connectivity index (χ2n) is 5.62. The molecule has 1 unspecified atom stereocenters. The Kier molecular flexibility index (Phi) is 8.22. The monoisotopic (exact) mass is 358 g/mol. The number of imidazole rings is 1. The van der Waals surface area contributed by atoms with Crippen molar-refractivity contribution in [1.82, 2.24) is 25.2 Å². The zero-order valence-corrected chi connectivity index (χ0v) is 15.7. The first-order valence-electron chi connectivity index (χ1n) is 8.68. The summed E-state index contributed by atoms with van der Waals surface area (Å²) in [4.78, 5) is 27.1. The molecule has 0 saturated heterocycles. The SMILES string of the molecule is CC.CCC(CC#N)(Cc1cnn2cc(CNC=O)nc2c1)C(=O)NC. The highest BCUT2D eigenvalue weighted by molar-refractivity contribution is 5.83. The van der Waals surface area contributed by atoms with Crippen LogP contribution in [0, 0.1) is 16.7 Å². The zero-order chi connectivity index (χ0) is 19.6. The summed E-state index contributed by atoms with van der Waals surface area (Å²) in [6.07, 6.45) is 5.12. The van der Waals surface area contributed by atoms with Gasteiger partial charge in [-0.05, 0) is 24.5 Å². The van der Waals surface area contributed by atoms with Crippen molar-refractivity contribution in [3.05, 3.63) is 29.7 Å². The van der Waals surface area contributed by atoms with Crippen molar-refractivity contribution >= 4 is 18.0 Å². The number of carbonyl (C=O) groups is 2. The molecule has 0 fully saturated rings. The molecule has 2 rings (SSSR count). The number of nitriles is 1. The number of hydrogen-bond acceptors (Lipinski definition) is 5. The van der Waals surface area contributed by atoms with Gasteiger partial charge in [0.2, 0.25) is 12.3 Å². The Labute approximate surface area is 153 Å². The standard InChI is InChI=1S/C16H20N6O2.C2H6/c1-3-16(4-5-17,15(24)18-2)7-12-6-14-21-13(9-19-11-23)10-22(14)20-8-12;1-2/h6,8,10-11H,3-4,7,9H2,1-2H3,(H,18,24)(H,19,23);1-2H3. The summed E-state index contributed by atoms with van der Waals surface area (Å²) in [6, 6.07) is 3.97. The second kappa shape index (κ2) is 10.1. The minimum Gasteiger partial charge on any atom is -0.359 e. The van der Waals surface area contributed by atoms with Gasteiger partial charge in [-0.2, -0.15) is 10.4 Å². The lowest BCUT2D eigenvalue weighted by molar-refractivity contribution is -0.130. The summed E-state index contributed by atoms with van der Waals surface area (Å²) < 4.78 is 1.61. The Bertz CT molecular complexity index is 780. The molecule has 26 heavy (non-hydrogen) atoms. The van der Waals surface area contributed by atoms with Crippen molar-refractivity contribution in [2.75, 3.05) is 7.05 Å². The normalized spacial score (nSPS) is 12.3. The first-order valence-corrected chi connectivity index (χ1v) is 8.68. The molecule has 8 heteroatoms. The van der Waals surface area contributed by atoms with E-state index in [1.165, 1.54) is 0 Å². The summed E-state index contributed by atoms with van der Waals surface area (Å²) in [5.74, 6) is -0.148. The van der Waals surface area contributed by atoms with Crippen LogP contribution in [0.5, 0.6) is 0 Å². The van der Waals surface area contributed by atoms with Crippen LogP contribution in [0.3, 0.4) is 0 Å². The van der Waals surface area contributed by atoms with E-state index in [2.05, 4.69) is 26.8 Å². The van der Waals surface area contributed by atoms with E-state index < -0.39 is 5.41 Å². The topological polar surface area (TPSA) is 112 Å². The van der Waals surface area contributed by atoms with Crippen LogP contribution in [0.2, 0.25) is 0 Å². The highest BCUT2D eigenvalue weighted by atomic mass is 16.2. The summed E-state index contributed by atoms with van der Waals surface area (Å²) >= 11 is 0. The van der Waals surface area contributed by atoms with E-state index in [0.29, 0.717) is 37.1 Å². The molecule has 1 atom stereocenters. The second-order valence-corrected chi connectivity index (χ2v) is 5.62. The third-order valence-corrected chi connectivity index (χ3v) is 4.14. The zero-order valence-electron chi connectivity index (χ0n) is 15.7. The van der Waals surface area contributed by atoms with Gasteiger partial charge in [-0.3, -0.25) is 9.59 Å². The smallest absolute Gasteiger partial charge is 0.227 e. The summed E-state index contributed by atoms with van der Waals surface area (Å²) in [5.41, 5.74) is 1.38. The van der Waals surface area contributed by atoms with Crippen molar-refractivity contribution in [2.24, 2.45) is 5.41 Å². The van der Waals surface area contributed by atoms with E-state index in [0.717, 1.165) is 5.56 Å². The van der Waals surface area contributed by atoms with Crippen LogP contribution in [0.4, 0.5) is 0 Å². The fourth-order valence-corrected chi connectivity index (χ4v) is 2.73. The fraction of sp³-hybridized carbons (Fsp3) is 0.500. The molecule has 0 aromatic carbocycles. The molecule has 0 saturated carbocycles. The first-order chi connectivity index (χ1) is 12.6. The molecular weight excluding hydrogens is 332 g/mol. The molecule has 0 radical (unpaired) electrons. The van der Waals surface area contributed by atoms with Crippen LogP contribution in [0.1, 0.15) is 44.9 Å². The van der Waals surface area contributed by atoms with Crippen molar-refractivity contribution in [1.29, 1.82) is 5.26 Å². The molecule has 2 heterocycles. The van der Waals surface area contributed by atoms with Gasteiger partial charge in [-0.15, -0.1) is 0 Å². The maximum absolute atomic E-state index is 12.3. The molecule has 140 valence electrons. The Morgan fingerprint density at radius 1 is 1.46 bits per heavy atom. The lowest BCUT2D eigenvalue weighted by Crippen LogP contribution is -2.40. The maximum atomic E-state index is 12.3. The number of nitrogens with one attached hydrogen (secondary N) is 2. The van der Waals surface area contributed by atoms with Crippen molar-refractivity contribution in [2.45, 2.75) is 46.6 Å². The van der Waals surface area contributed by atoms with Crippen molar-refractivity contribution in [3.8, 4) is 6.07 Å². The van der Waals surface area contributed by atoms with Gasteiger partial charge in [-0.1, -0.05) is 20.8 Å². The number of rotatable bonds is 8. The molecule has 0 aliphatic heterocycles. The van der Waals surface area contributed by atoms with Gasteiger partial charge < -0.3 is 10.6 Å². The Morgan fingerprint density at radius 3 is 2.77 bits per heavy atom. The number of fused-ring (bicyclic) bond motifs is 1. The average Bonchev–Trinajstić information content (AvgIpc) is 3.08. The lowest BCUT2D eigenvalue weighted by atomic mass is 9.76. The van der Waals surface area contributed by atoms with Gasteiger partial charge in [0.15, 0.2) is 5.65 Å². The number of aromatic nitrogens is 3. The van der Waals surface area contributed by atoms with Crippen LogP contribution >= 0.6 is 0 Å².